The summed E-state index contributed by atoms with van der Waals surface area (Å²) < 4.78 is 5.33. The summed E-state index contributed by atoms with van der Waals surface area (Å²) in [5.74, 6) is -0.364. The van der Waals surface area contributed by atoms with E-state index in [-0.39, 0.29) is 5.97 Å². The number of thiazole rings is 1. The molecule has 0 atom stereocenters. The maximum absolute atomic E-state index is 10.9. The number of nitrogens with zero attached hydrogens (tertiary/aromatic N) is 1. The van der Waals surface area contributed by atoms with Gasteiger partial charge in [0.25, 0.3) is 0 Å². The zero-order valence-corrected chi connectivity index (χ0v) is 8.81. The third kappa shape index (κ3) is 2.13. The van der Waals surface area contributed by atoms with Gasteiger partial charge in [-0.15, -0.1) is 11.3 Å². The van der Waals surface area contributed by atoms with Crippen LogP contribution in [0.25, 0.3) is 0 Å². The number of alkyl halides is 1. The van der Waals surface area contributed by atoms with Crippen molar-refractivity contribution in [2.45, 2.75) is 4.43 Å². The standard InChI is InChI=1S/C6H6INO2S/c1-10-6(9)4-3-11-5(2-7)8-4/h3H,2H2,1H3. The van der Waals surface area contributed by atoms with Crippen LogP contribution in [-0.4, -0.2) is 18.1 Å². The number of ether oxygens (including phenoxy) is 1. The summed E-state index contributed by atoms with van der Waals surface area (Å²) in [6.07, 6.45) is 0. The molecule has 1 aromatic rings. The molecule has 0 saturated heterocycles. The van der Waals surface area contributed by atoms with Crippen molar-refractivity contribution < 1.29 is 9.53 Å². The predicted octanol–water partition coefficient (Wildman–Crippen LogP) is 1.86. The fourth-order valence-corrected chi connectivity index (χ4v) is 1.89. The summed E-state index contributed by atoms with van der Waals surface area (Å²) in [5.41, 5.74) is 0.407. The summed E-state index contributed by atoms with van der Waals surface area (Å²) >= 11 is 3.67. The Kier molecular flexibility index (Phi) is 3.25. The highest BCUT2D eigenvalue weighted by molar-refractivity contribution is 14.1. The molecular formula is C6H6INO2S. The van der Waals surface area contributed by atoms with Crippen molar-refractivity contribution in [2.75, 3.05) is 7.11 Å². The van der Waals surface area contributed by atoms with Crippen molar-refractivity contribution in [2.24, 2.45) is 0 Å². The Labute approximate surface area is 81.9 Å². The van der Waals surface area contributed by atoms with Gasteiger partial charge in [-0.2, -0.15) is 0 Å². The maximum Gasteiger partial charge on any atom is 0.357 e. The van der Waals surface area contributed by atoms with E-state index in [9.17, 15) is 4.79 Å². The molecule has 5 heteroatoms. The molecule has 0 aliphatic rings. The number of hydrogen-bond acceptors (Lipinski definition) is 4. The molecule has 60 valence electrons. The van der Waals surface area contributed by atoms with Gasteiger partial charge in [0.05, 0.1) is 11.5 Å². The molecule has 3 nitrogen and oxygen atoms in total. The van der Waals surface area contributed by atoms with Crippen molar-refractivity contribution in [3.63, 3.8) is 0 Å². The Bertz CT molecular complexity index is 261. The number of methoxy groups -OCH3 is 1. The quantitative estimate of drug-likeness (QED) is 0.472. The van der Waals surface area contributed by atoms with E-state index in [4.69, 9.17) is 0 Å². The van der Waals surface area contributed by atoms with Crippen LogP contribution in [0, 0.1) is 0 Å². The van der Waals surface area contributed by atoms with E-state index in [0.717, 1.165) is 9.44 Å². The molecule has 0 aromatic carbocycles. The maximum atomic E-state index is 10.9. The lowest BCUT2D eigenvalue weighted by Gasteiger charge is -1.90. The number of carbonyl (C=O) groups excluding carboxylic acids is 1. The molecule has 0 fully saturated rings. The monoisotopic (exact) mass is 283 g/mol. The summed E-state index contributed by atoms with van der Waals surface area (Å²) in [4.78, 5) is 14.9. The van der Waals surface area contributed by atoms with Crippen LogP contribution in [0.5, 0.6) is 0 Å². The van der Waals surface area contributed by atoms with Gasteiger partial charge in [0.2, 0.25) is 0 Å². The average molecular weight is 283 g/mol. The predicted molar refractivity (Wildman–Crippen MR) is 51.2 cm³/mol. The Morgan fingerprint density at radius 3 is 3.09 bits per heavy atom. The Hall–Kier alpha value is -0.170. The molecule has 0 spiro atoms. The van der Waals surface area contributed by atoms with Crippen LogP contribution >= 0.6 is 33.9 Å². The largest absolute Gasteiger partial charge is 0.464 e. The lowest BCUT2D eigenvalue weighted by molar-refractivity contribution is 0.0595. The summed E-state index contributed by atoms with van der Waals surface area (Å²) in [7, 11) is 1.35. The zero-order chi connectivity index (χ0) is 8.27. The first-order chi connectivity index (χ1) is 5.27. The van der Waals surface area contributed by atoms with E-state index in [0.29, 0.717) is 5.69 Å². The molecule has 0 N–H and O–H groups in total. The van der Waals surface area contributed by atoms with Crippen LogP contribution in [0.1, 0.15) is 15.5 Å². The lowest BCUT2D eigenvalue weighted by Crippen LogP contribution is -2.01. The lowest BCUT2D eigenvalue weighted by atomic mass is 10.5. The molecule has 0 unspecified atom stereocenters. The molecule has 11 heavy (non-hydrogen) atoms. The van der Waals surface area contributed by atoms with Gasteiger partial charge in [-0.3, -0.25) is 0 Å². The minimum atomic E-state index is -0.364. The van der Waals surface area contributed by atoms with Crippen LogP contribution in [0.2, 0.25) is 0 Å². The number of carbonyl (C=O) groups is 1. The van der Waals surface area contributed by atoms with E-state index in [1.165, 1.54) is 18.4 Å². The van der Waals surface area contributed by atoms with Gasteiger partial charge >= 0.3 is 5.97 Å². The average Bonchev–Trinajstić information content (AvgIpc) is 2.50. The fourth-order valence-electron chi connectivity index (χ4n) is 0.571. The first-order valence-electron chi connectivity index (χ1n) is 2.86. The third-order valence-corrected chi connectivity index (χ3v) is 3.15. The van der Waals surface area contributed by atoms with E-state index in [1.807, 2.05) is 0 Å². The molecular weight excluding hydrogens is 277 g/mol. The van der Waals surface area contributed by atoms with Gasteiger partial charge < -0.3 is 4.74 Å². The second-order valence-electron chi connectivity index (χ2n) is 1.75. The highest BCUT2D eigenvalue weighted by Gasteiger charge is 2.08. The first-order valence-corrected chi connectivity index (χ1v) is 5.27. The molecule has 1 rings (SSSR count). The van der Waals surface area contributed by atoms with Gasteiger partial charge in [0.1, 0.15) is 5.01 Å². The molecule has 0 aliphatic carbocycles. The topological polar surface area (TPSA) is 39.2 Å². The van der Waals surface area contributed by atoms with Gasteiger partial charge in [-0.1, -0.05) is 22.6 Å². The van der Waals surface area contributed by atoms with Crippen molar-refractivity contribution in [3.05, 3.63) is 16.1 Å². The van der Waals surface area contributed by atoms with Crippen molar-refractivity contribution in [1.29, 1.82) is 0 Å². The summed E-state index contributed by atoms with van der Waals surface area (Å²) in [6, 6.07) is 0. The summed E-state index contributed by atoms with van der Waals surface area (Å²) in [5, 5.41) is 2.66. The van der Waals surface area contributed by atoms with Crippen LogP contribution < -0.4 is 0 Å². The van der Waals surface area contributed by atoms with Crippen molar-refractivity contribution in [1.82, 2.24) is 4.98 Å². The van der Waals surface area contributed by atoms with Crippen LogP contribution in [0.15, 0.2) is 5.38 Å². The van der Waals surface area contributed by atoms with Crippen LogP contribution in [0.3, 0.4) is 0 Å². The fraction of sp³-hybridized carbons (Fsp3) is 0.333. The van der Waals surface area contributed by atoms with Gasteiger partial charge in [-0.25, -0.2) is 9.78 Å². The second kappa shape index (κ2) is 4.01. The molecule has 0 amide bonds. The van der Waals surface area contributed by atoms with E-state index in [2.05, 4.69) is 32.3 Å². The Balaban J connectivity index is 2.80. The third-order valence-electron chi connectivity index (χ3n) is 1.06. The van der Waals surface area contributed by atoms with E-state index in [1.54, 1.807) is 5.38 Å². The molecule has 0 bridgehead atoms. The number of halogens is 1. The van der Waals surface area contributed by atoms with Gasteiger partial charge in [0, 0.05) is 5.38 Å². The molecule has 1 aromatic heterocycles. The number of rotatable bonds is 2. The Morgan fingerprint density at radius 1 is 1.91 bits per heavy atom. The van der Waals surface area contributed by atoms with E-state index < -0.39 is 0 Å². The van der Waals surface area contributed by atoms with E-state index >= 15 is 0 Å². The minimum absolute atomic E-state index is 0.364. The Morgan fingerprint density at radius 2 is 2.64 bits per heavy atom. The normalized spacial score (nSPS) is 9.64. The molecule has 0 saturated carbocycles. The van der Waals surface area contributed by atoms with Crippen molar-refractivity contribution >= 4 is 39.9 Å². The van der Waals surface area contributed by atoms with Crippen molar-refractivity contribution in [3.8, 4) is 0 Å². The first kappa shape index (κ1) is 8.92. The molecule has 1 heterocycles. The highest BCUT2D eigenvalue weighted by Crippen LogP contribution is 2.13. The van der Waals surface area contributed by atoms with Crippen LogP contribution in [-0.2, 0) is 9.16 Å². The number of aromatic nitrogens is 1. The van der Waals surface area contributed by atoms with Gasteiger partial charge in [0.15, 0.2) is 5.69 Å². The smallest absolute Gasteiger partial charge is 0.357 e. The number of esters is 1. The number of hydrogen-bond donors (Lipinski definition) is 0. The molecule has 0 radical (unpaired) electrons. The molecule has 0 aliphatic heterocycles. The minimum Gasteiger partial charge on any atom is -0.464 e. The van der Waals surface area contributed by atoms with Crippen LogP contribution in [0.4, 0.5) is 0 Å². The second-order valence-corrected chi connectivity index (χ2v) is 3.46. The van der Waals surface area contributed by atoms with Gasteiger partial charge in [-0.05, 0) is 0 Å². The summed E-state index contributed by atoms with van der Waals surface area (Å²) in [6.45, 7) is 0. The highest BCUT2D eigenvalue weighted by atomic mass is 127. The SMILES string of the molecule is COC(=O)c1csc(CI)n1. The zero-order valence-electron chi connectivity index (χ0n) is 5.83.